The van der Waals surface area contributed by atoms with Crippen LogP contribution in [0.15, 0.2) is 0 Å². The molecule has 6 saturated carbocycles. The van der Waals surface area contributed by atoms with E-state index >= 15 is 0 Å². The molecule has 0 amide bonds. The van der Waals surface area contributed by atoms with E-state index in [1.807, 2.05) is 0 Å². The summed E-state index contributed by atoms with van der Waals surface area (Å²) in [4.78, 5) is 12.3. The summed E-state index contributed by atoms with van der Waals surface area (Å²) in [6.45, 7) is 6.92. The van der Waals surface area contributed by atoms with Crippen molar-refractivity contribution in [2.45, 2.75) is 108 Å². The Morgan fingerprint density at radius 3 is 2.16 bits per heavy atom. The molecule has 8 atom stereocenters. The molecule has 2 spiro atoms. The predicted octanol–water partition coefficient (Wildman–Crippen LogP) is 4.66. The summed E-state index contributed by atoms with van der Waals surface area (Å²) in [7, 11) is -0.136. The first-order valence-corrected chi connectivity index (χ1v) is 16.6. The van der Waals surface area contributed by atoms with Gasteiger partial charge in [0.1, 0.15) is 0 Å². The van der Waals surface area contributed by atoms with Crippen LogP contribution in [0.5, 0.6) is 0 Å². The fraction of sp³-hybridized carbons (Fsp3) is 0.962. The predicted molar refractivity (Wildman–Crippen MR) is 125 cm³/mol. The number of methoxy groups -OCH3 is 1. The van der Waals surface area contributed by atoms with Crippen LogP contribution in [-0.2, 0) is 14.0 Å². The molecule has 0 bridgehead atoms. The number of esters is 1. The number of aliphatic hydroxyl groups is 2. The summed E-state index contributed by atoms with van der Waals surface area (Å²) in [6.07, 6.45) is 14.3. The van der Waals surface area contributed by atoms with Gasteiger partial charge in [0.2, 0.25) is 0 Å². The van der Waals surface area contributed by atoms with E-state index in [1.165, 1.54) is 71.3 Å². The standard InChI is InChI=1S/C15H26O3Si.C11H18O2/c1-17-13(16)12-11-7-5-8-14(11)9-6-10-15(12,14)18-19(2,3)4;12-7-9-8-3-1-4-10(8)5-2-6-11(9,10)13/h11-12H,5-10H2,1-4H3;8-9,12-13H,1-7H2/t11?,12-,14-,15-;8?,9-,10+,11+/m10/s1. The second kappa shape index (κ2) is 7.53. The average Bonchev–Trinajstić information content (AvgIpc) is 3.44. The van der Waals surface area contributed by atoms with Crippen molar-refractivity contribution in [1.29, 1.82) is 0 Å². The first-order chi connectivity index (χ1) is 15.1. The van der Waals surface area contributed by atoms with Crippen LogP contribution < -0.4 is 0 Å². The minimum Gasteiger partial charge on any atom is -0.469 e. The zero-order valence-corrected chi connectivity index (χ0v) is 21.6. The number of aliphatic hydroxyl groups excluding tert-OH is 1. The van der Waals surface area contributed by atoms with Crippen molar-refractivity contribution in [3.63, 3.8) is 0 Å². The molecular weight excluding hydrogens is 420 g/mol. The average molecular weight is 465 g/mol. The van der Waals surface area contributed by atoms with Gasteiger partial charge < -0.3 is 19.4 Å². The number of hydrogen-bond acceptors (Lipinski definition) is 5. The van der Waals surface area contributed by atoms with Gasteiger partial charge >= 0.3 is 5.97 Å². The fourth-order valence-corrected chi connectivity index (χ4v) is 11.8. The molecule has 0 aliphatic heterocycles. The summed E-state index contributed by atoms with van der Waals surface area (Å²) in [5.74, 6) is 1.36. The number of rotatable bonds is 4. The summed E-state index contributed by atoms with van der Waals surface area (Å²) in [6, 6.07) is 0. The van der Waals surface area contributed by atoms with E-state index in [4.69, 9.17) is 9.16 Å². The smallest absolute Gasteiger partial charge is 0.311 e. The summed E-state index contributed by atoms with van der Waals surface area (Å²) >= 11 is 0. The minimum absolute atomic E-state index is 0.00854. The van der Waals surface area contributed by atoms with Crippen molar-refractivity contribution in [1.82, 2.24) is 0 Å². The van der Waals surface area contributed by atoms with Crippen molar-refractivity contribution in [3.05, 3.63) is 0 Å². The van der Waals surface area contributed by atoms with Gasteiger partial charge in [0.25, 0.3) is 0 Å². The molecule has 2 unspecified atom stereocenters. The monoisotopic (exact) mass is 464 g/mol. The third-order valence-electron chi connectivity index (χ3n) is 10.9. The lowest BCUT2D eigenvalue weighted by Gasteiger charge is -2.64. The highest BCUT2D eigenvalue weighted by atomic mass is 28.4. The van der Waals surface area contributed by atoms with E-state index in [0.29, 0.717) is 17.3 Å². The zero-order chi connectivity index (χ0) is 23.0. The fourth-order valence-electron chi connectivity index (χ4n) is 10.2. The third-order valence-corrected chi connectivity index (χ3v) is 11.9. The molecule has 0 aromatic heterocycles. The second-order valence-corrected chi connectivity index (χ2v) is 17.3. The molecule has 6 heteroatoms. The molecule has 0 aromatic carbocycles. The molecule has 2 N–H and O–H groups in total. The Hall–Kier alpha value is -0.433. The van der Waals surface area contributed by atoms with Crippen LogP contribution in [0.1, 0.15) is 77.0 Å². The SMILES string of the molecule is COC(=O)[C@H]1C2CCC[C@@]23CCC[C@@]13O[Si](C)(C)C.OC[C@H]1C2CCC[C@@]23CCC[C@@]13O. The maximum Gasteiger partial charge on any atom is 0.311 e. The number of ether oxygens (including phenoxy) is 1. The van der Waals surface area contributed by atoms with E-state index in [1.54, 1.807) is 0 Å². The molecule has 6 rings (SSSR count). The van der Waals surface area contributed by atoms with E-state index in [2.05, 4.69) is 19.6 Å². The summed E-state index contributed by atoms with van der Waals surface area (Å²) < 4.78 is 11.8. The maximum atomic E-state index is 12.3. The van der Waals surface area contributed by atoms with Crippen LogP contribution in [0.25, 0.3) is 0 Å². The first kappa shape index (κ1) is 23.3. The summed E-state index contributed by atoms with van der Waals surface area (Å²) in [5, 5.41) is 19.8. The van der Waals surface area contributed by atoms with Crippen LogP contribution in [-0.4, -0.2) is 49.4 Å². The Kier molecular flexibility index (Phi) is 5.49. The maximum absolute atomic E-state index is 12.3. The van der Waals surface area contributed by atoms with E-state index in [9.17, 15) is 15.0 Å². The lowest BCUT2D eigenvalue weighted by molar-refractivity contribution is -0.242. The van der Waals surface area contributed by atoms with Crippen molar-refractivity contribution < 1.29 is 24.2 Å². The molecule has 0 aromatic rings. The topological polar surface area (TPSA) is 76.0 Å². The normalized spacial score (nSPS) is 50.2. The molecule has 6 aliphatic rings. The van der Waals surface area contributed by atoms with E-state index < -0.39 is 13.9 Å². The van der Waals surface area contributed by atoms with Crippen LogP contribution in [0.4, 0.5) is 0 Å². The minimum atomic E-state index is -1.66. The highest BCUT2D eigenvalue weighted by Gasteiger charge is 2.78. The second-order valence-electron chi connectivity index (χ2n) is 12.8. The third kappa shape index (κ3) is 2.76. The Labute approximate surface area is 194 Å². The molecule has 0 saturated heterocycles. The molecular formula is C26H44O5Si. The first-order valence-electron chi connectivity index (χ1n) is 13.2. The number of carbonyl (C=O) groups excluding carboxylic acids is 1. The van der Waals surface area contributed by atoms with Gasteiger partial charge in [-0.25, -0.2) is 0 Å². The van der Waals surface area contributed by atoms with Crippen LogP contribution in [0.3, 0.4) is 0 Å². The molecule has 0 radical (unpaired) electrons. The van der Waals surface area contributed by atoms with Crippen LogP contribution in [0.2, 0.25) is 19.6 Å². The van der Waals surface area contributed by atoms with Crippen molar-refractivity contribution in [2.24, 2.45) is 34.5 Å². The zero-order valence-electron chi connectivity index (χ0n) is 20.6. The molecule has 0 heterocycles. The van der Waals surface area contributed by atoms with E-state index in [-0.39, 0.29) is 35.4 Å². The van der Waals surface area contributed by atoms with Gasteiger partial charge in [-0.15, -0.1) is 0 Å². The van der Waals surface area contributed by atoms with Crippen molar-refractivity contribution in [2.75, 3.05) is 13.7 Å². The lowest BCUT2D eigenvalue weighted by atomic mass is 9.46. The van der Waals surface area contributed by atoms with Gasteiger partial charge in [0, 0.05) is 23.4 Å². The molecule has 6 fully saturated rings. The Morgan fingerprint density at radius 2 is 1.50 bits per heavy atom. The van der Waals surface area contributed by atoms with Gasteiger partial charge in [0.15, 0.2) is 8.32 Å². The number of hydrogen-bond donors (Lipinski definition) is 2. The molecule has 6 aliphatic carbocycles. The van der Waals surface area contributed by atoms with Crippen LogP contribution >= 0.6 is 0 Å². The quantitative estimate of drug-likeness (QED) is 0.467. The Bertz CT molecular complexity index is 758. The number of carbonyl (C=O) groups is 1. The highest BCUT2D eigenvalue weighted by molar-refractivity contribution is 6.69. The summed E-state index contributed by atoms with van der Waals surface area (Å²) in [5.41, 5.74) is -0.0822. The van der Waals surface area contributed by atoms with Crippen molar-refractivity contribution >= 4 is 14.3 Å². The Morgan fingerprint density at radius 1 is 0.906 bits per heavy atom. The van der Waals surface area contributed by atoms with Crippen LogP contribution in [0, 0.1) is 34.5 Å². The van der Waals surface area contributed by atoms with Gasteiger partial charge in [0.05, 0.1) is 24.2 Å². The molecule has 182 valence electrons. The van der Waals surface area contributed by atoms with Gasteiger partial charge in [-0.1, -0.05) is 12.8 Å². The van der Waals surface area contributed by atoms with Crippen molar-refractivity contribution in [3.8, 4) is 0 Å². The highest BCUT2D eigenvalue weighted by Crippen LogP contribution is 2.75. The van der Waals surface area contributed by atoms with Gasteiger partial charge in [-0.05, 0) is 95.7 Å². The van der Waals surface area contributed by atoms with E-state index in [0.717, 1.165) is 12.8 Å². The van der Waals surface area contributed by atoms with Gasteiger partial charge in [-0.3, -0.25) is 4.79 Å². The largest absolute Gasteiger partial charge is 0.469 e. The molecule has 5 nitrogen and oxygen atoms in total. The molecule has 32 heavy (non-hydrogen) atoms. The Balaban J connectivity index is 0.000000144. The lowest BCUT2D eigenvalue weighted by Crippen LogP contribution is -2.71. The van der Waals surface area contributed by atoms with Gasteiger partial charge in [-0.2, -0.15) is 0 Å².